The molecule has 0 unspecified atom stereocenters. The van der Waals surface area contributed by atoms with Crippen molar-refractivity contribution in [2.24, 2.45) is 16.8 Å². The minimum absolute atomic E-state index is 0.100. The molecule has 1 saturated heterocycles. The Hall–Kier alpha value is -3.55. The number of hydrogen-bond acceptors (Lipinski definition) is 5. The Kier molecular flexibility index (Phi) is 4.22. The van der Waals surface area contributed by atoms with E-state index in [2.05, 4.69) is 16.3 Å². The lowest BCUT2D eigenvalue weighted by molar-refractivity contribution is -0.131. The Morgan fingerprint density at radius 1 is 1.12 bits per heavy atom. The molecule has 1 spiro atoms. The number of nitrogens with one attached hydrogen (secondary N) is 1. The molecule has 2 aliphatic heterocycles. The predicted molar refractivity (Wildman–Crippen MR) is 127 cm³/mol. The highest BCUT2D eigenvalue weighted by Gasteiger charge is 2.57. The number of aliphatic imine (C=N–C) groups is 1. The zero-order valence-electron chi connectivity index (χ0n) is 18.9. The first-order chi connectivity index (χ1) is 16.6. The second kappa shape index (κ2) is 7.22. The summed E-state index contributed by atoms with van der Waals surface area (Å²) in [6, 6.07) is 10.1. The van der Waals surface area contributed by atoms with Gasteiger partial charge in [0.2, 0.25) is 5.91 Å². The monoisotopic (exact) mass is 454 g/mol. The van der Waals surface area contributed by atoms with Crippen molar-refractivity contribution < 1.29 is 9.59 Å². The summed E-state index contributed by atoms with van der Waals surface area (Å²) in [4.78, 5) is 39.2. The third-order valence-corrected chi connectivity index (χ3v) is 7.70. The molecule has 1 N–H and O–H groups in total. The van der Waals surface area contributed by atoms with Gasteiger partial charge in [-0.05, 0) is 55.7 Å². The lowest BCUT2D eigenvalue weighted by Gasteiger charge is -2.23. The molecule has 2 saturated carbocycles. The number of pyridine rings is 1. The molecular formula is C26H26N6O2. The van der Waals surface area contributed by atoms with E-state index in [-0.39, 0.29) is 17.7 Å². The number of nitrogens with zero attached hydrogens (tertiary/aromatic N) is 5. The first kappa shape index (κ1) is 19.9. The van der Waals surface area contributed by atoms with Crippen molar-refractivity contribution in [2.75, 3.05) is 19.6 Å². The number of fused-ring (bicyclic) bond motifs is 1. The van der Waals surface area contributed by atoms with E-state index in [9.17, 15) is 9.59 Å². The summed E-state index contributed by atoms with van der Waals surface area (Å²) in [5.41, 5.74) is 3.21. The molecule has 1 aromatic carbocycles. The molecule has 8 nitrogen and oxygen atoms in total. The summed E-state index contributed by atoms with van der Waals surface area (Å²) in [7, 11) is 0. The summed E-state index contributed by atoms with van der Waals surface area (Å²) < 4.78 is 0. The van der Waals surface area contributed by atoms with Gasteiger partial charge in [0.1, 0.15) is 11.2 Å². The van der Waals surface area contributed by atoms with Gasteiger partial charge in [-0.25, -0.2) is 4.99 Å². The molecule has 3 aromatic rings. The van der Waals surface area contributed by atoms with E-state index in [4.69, 9.17) is 9.98 Å². The summed E-state index contributed by atoms with van der Waals surface area (Å²) in [5, 5.41) is 8.21. The smallest absolute Gasteiger partial charge is 0.256 e. The third kappa shape index (κ3) is 3.15. The number of likely N-dealkylation sites (tertiary alicyclic amines) is 1. The van der Waals surface area contributed by atoms with Crippen molar-refractivity contribution in [1.29, 1.82) is 0 Å². The predicted octanol–water partition coefficient (Wildman–Crippen LogP) is 3.00. The Morgan fingerprint density at radius 3 is 2.76 bits per heavy atom. The Balaban J connectivity index is 1.14. The minimum Gasteiger partial charge on any atom is -0.342 e. The largest absolute Gasteiger partial charge is 0.342 e. The summed E-state index contributed by atoms with van der Waals surface area (Å²) >= 11 is 0. The second-order valence-electron chi connectivity index (χ2n) is 10.2. The first-order valence-corrected chi connectivity index (χ1v) is 12.2. The van der Waals surface area contributed by atoms with Crippen LogP contribution in [0.25, 0.3) is 22.0 Å². The van der Waals surface area contributed by atoms with Gasteiger partial charge >= 0.3 is 0 Å². The molecule has 0 bridgehead atoms. The van der Waals surface area contributed by atoms with Crippen LogP contribution in [0.3, 0.4) is 0 Å². The van der Waals surface area contributed by atoms with E-state index >= 15 is 0 Å². The number of carbonyl (C=O) groups is 2. The van der Waals surface area contributed by atoms with Crippen LogP contribution in [0.2, 0.25) is 0 Å². The zero-order valence-corrected chi connectivity index (χ0v) is 18.9. The van der Waals surface area contributed by atoms with Crippen LogP contribution < -0.4 is 0 Å². The van der Waals surface area contributed by atoms with Gasteiger partial charge in [-0.15, -0.1) is 0 Å². The van der Waals surface area contributed by atoms with Gasteiger partial charge in [-0.1, -0.05) is 18.2 Å². The fraction of sp³-hybridized carbons (Fsp3) is 0.423. The maximum absolute atomic E-state index is 13.3. The number of benzene rings is 1. The highest BCUT2D eigenvalue weighted by atomic mass is 16.2. The Bertz CT molecular complexity index is 1330. The number of amidine groups is 1. The lowest BCUT2D eigenvalue weighted by atomic mass is 10.0. The highest BCUT2D eigenvalue weighted by molar-refractivity contribution is 6.15. The van der Waals surface area contributed by atoms with Crippen LogP contribution in [0.4, 0.5) is 0 Å². The molecule has 8 heteroatoms. The summed E-state index contributed by atoms with van der Waals surface area (Å²) in [5.74, 6) is 1.61. The van der Waals surface area contributed by atoms with Gasteiger partial charge in [0.15, 0.2) is 5.84 Å². The van der Waals surface area contributed by atoms with Gasteiger partial charge in [0.25, 0.3) is 5.91 Å². The van der Waals surface area contributed by atoms with Crippen molar-refractivity contribution in [1.82, 2.24) is 25.0 Å². The van der Waals surface area contributed by atoms with Crippen LogP contribution in [0, 0.1) is 11.8 Å². The van der Waals surface area contributed by atoms with Crippen LogP contribution in [0.1, 0.15) is 37.8 Å². The minimum atomic E-state index is -0.569. The van der Waals surface area contributed by atoms with Gasteiger partial charge < -0.3 is 4.90 Å². The Morgan fingerprint density at radius 2 is 2.00 bits per heavy atom. The highest BCUT2D eigenvalue weighted by Crippen LogP contribution is 2.46. The number of amides is 2. The zero-order chi connectivity index (χ0) is 22.9. The van der Waals surface area contributed by atoms with Crippen molar-refractivity contribution in [3.63, 3.8) is 0 Å². The van der Waals surface area contributed by atoms with Crippen molar-refractivity contribution in [3.8, 4) is 11.1 Å². The number of rotatable bonds is 5. The fourth-order valence-electron chi connectivity index (χ4n) is 5.40. The van der Waals surface area contributed by atoms with Crippen LogP contribution in [0.15, 0.2) is 47.7 Å². The van der Waals surface area contributed by atoms with Gasteiger partial charge in [0.05, 0.1) is 11.7 Å². The maximum Gasteiger partial charge on any atom is 0.256 e. The quantitative estimate of drug-likeness (QED) is 0.641. The van der Waals surface area contributed by atoms with E-state index in [1.165, 1.54) is 0 Å². The number of aromatic nitrogens is 3. The van der Waals surface area contributed by atoms with Crippen LogP contribution in [-0.4, -0.2) is 67.8 Å². The molecule has 2 aromatic heterocycles. The van der Waals surface area contributed by atoms with E-state index in [0.29, 0.717) is 18.3 Å². The van der Waals surface area contributed by atoms with Gasteiger partial charge in [0, 0.05) is 42.7 Å². The molecule has 7 rings (SSSR count). The van der Waals surface area contributed by atoms with Crippen molar-refractivity contribution in [3.05, 3.63) is 48.4 Å². The molecule has 2 aliphatic carbocycles. The van der Waals surface area contributed by atoms with Crippen molar-refractivity contribution in [2.45, 2.75) is 37.6 Å². The SMILES string of the molecule is O=C(C1CC1)N1CC[C@@H](CN2C(=O)C3(CC3)N=C2c2ccc(-c3cccc4[nH]ncc34)cn2)C1. The summed E-state index contributed by atoms with van der Waals surface area (Å²) in [6.45, 7) is 2.14. The summed E-state index contributed by atoms with van der Waals surface area (Å²) in [6.07, 6.45) is 8.29. The lowest BCUT2D eigenvalue weighted by Crippen LogP contribution is -2.41. The number of carbonyl (C=O) groups excluding carboxylic acids is 2. The maximum atomic E-state index is 13.3. The van der Waals surface area contributed by atoms with E-state index in [1.54, 1.807) is 0 Å². The van der Waals surface area contributed by atoms with E-state index < -0.39 is 5.54 Å². The third-order valence-electron chi connectivity index (χ3n) is 7.70. The molecular weight excluding hydrogens is 428 g/mol. The van der Waals surface area contributed by atoms with Gasteiger partial charge in [-0.2, -0.15) is 5.10 Å². The number of aromatic amines is 1. The van der Waals surface area contributed by atoms with E-state index in [1.807, 2.05) is 46.5 Å². The normalized spacial score (nSPS) is 23.2. The molecule has 4 aliphatic rings. The molecule has 3 fully saturated rings. The number of hydrogen-bond donors (Lipinski definition) is 1. The van der Waals surface area contributed by atoms with Crippen molar-refractivity contribution >= 4 is 28.6 Å². The number of H-pyrrole nitrogens is 1. The molecule has 34 heavy (non-hydrogen) atoms. The Labute approximate surface area is 197 Å². The van der Waals surface area contributed by atoms with Crippen LogP contribution in [-0.2, 0) is 9.59 Å². The van der Waals surface area contributed by atoms with E-state index in [0.717, 1.165) is 72.9 Å². The fourth-order valence-corrected chi connectivity index (χ4v) is 5.40. The molecule has 1 atom stereocenters. The van der Waals surface area contributed by atoms with Crippen LogP contribution >= 0.6 is 0 Å². The average Bonchev–Trinajstić information content (AvgIpc) is 3.74. The molecule has 2 amide bonds. The second-order valence-corrected chi connectivity index (χ2v) is 10.2. The van der Waals surface area contributed by atoms with Gasteiger partial charge in [-0.3, -0.25) is 24.6 Å². The average molecular weight is 455 g/mol. The first-order valence-electron chi connectivity index (χ1n) is 12.2. The molecule has 4 heterocycles. The van der Waals surface area contributed by atoms with Crippen LogP contribution in [0.5, 0.6) is 0 Å². The topological polar surface area (TPSA) is 94.6 Å². The molecule has 172 valence electrons. The molecule has 0 radical (unpaired) electrons. The standard InChI is InChI=1S/C26H26N6O2/c33-24(17-4-5-17)31-11-8-16(14-31)15-32-23(29-26(9-10-26)25(32)34)22-7-6-18(12-27-22)19-2-1-3-21-20(19)13-28-30-21/h1-3,6-7,12-13,16-17H,4-5,8-11,14-15H2,(H,28,30)/t16-/m1/s1.